The average molecular weight is 481 g/mol. The molecule has 1 atom stereocenters. The minimum absolute atomic E-state index is 0.176. The number of aryl methyl sites for hydroxylation is 1. The first kappa shape index (κ1) is 23.8. The Hall–Kier alpha value is -3.35. The molecule has 2 aromatic heterocycles. The average Bonchev–Trinajstić information content (AvgIpc) is 3.50. The van der Waals surface area contributed by atoms with E-state index in [1.807, 2.05) is 12.1 Å². The zero-order valence-electron chi connectivity index (χ0n) is 19.6. The lowest BCUT2D eigenvalue weighted by atomic mass is 9.99. The minimum Gasteiger partial charge on any atom is -0.443 e. The normalized spacial score (nSPS) is 15.8. The second kappa shape index (κ2) is 9.49. The van der Waals surface area contributed by atoms with Gasteiger partial charge in [-0.1, -0.05) is 26.0 Å². The molecule has 1 saturated heterocycles. The SMILES string of the molecule is CCC(C)c1ccc(S(=O)(=O)N2CCN(C(=O)c3c(C)oc(-n4cccc4)c3C#N)CC2)cc1. The zero-order valence-corrected chi connectivity index (χ0v) is 20.4. The van der Waals surface area contributed by atoms with Crippen molar-refractivity contribution in [1.29, 1.82) is 5.26 Å². The van der Waals surface area contributed by atoms with Gasteiger partial charge in [-0.05, 0) is 49.1 Å². The lowest BCUT2D eigenvalue weighted by Gasteiger charge is -2.34. The highest BCUT2D eigenvalue weighted by molar-refractivity contribution is 7.89. The topological polar surface area (TPSA) is 99.6 Å². The highest BCUT2D eigenvalue weighted by Crippen LogP contribution is 2.28. The number of nitriles is 1. The van der Waals surface area contributed by atoms with E-state index in [4.69, 9.17) is 4.42 Å². The van der Waals surface area contributed by atoms with Crippen molar-refractivity contribution < 1.29 is 17.6 Å². The number of hydrogen-bond acceptors (Lipinski definition) is 5. The van der Waals surface area contributed by atoms with Gasteiger partial charge in [0.15, 0.2) is 0 Å². The van der Waals surface area contributed by atoms with E-state index in [9.17, 15) is 18.5 Å². The summed E-state index contributed by atoms with van der Waals surface area (Å²) in [5.41, 5.74) is 1.51. The van der Waals surface area contributed by atoms with Crippen LogP contribution in [0.3, 0.4) is 0 Å². The van der Waals surface area contributed by atoms with Crippen molar-refractivity contribution in [1.82, 2.24) is 13.8 Å². The van der Waals surface area contributed by atoms with Gasteiger partial charge in [-0.15, -0.1) is 0 Å². The van der Waals surface area contributed by atoms with E-state index >= 15 is 0 Å². The first-order valence-electron chi connectivity index (χ1n) is 11.3. The van der Waals surface area contributed by atoms with Gasteiger partial charge in [0.25, 0.3) is 5.91 Å². The number of sulfonamides is 1. The number of piperazine rings is 1. The van der Waals surface area contributed by atoms with E-state index < -0.39 is 10.0 Å². The van der Waals surface area contributed by atoms with Gasteiger partial charge in [0.05, 0.1) is 4.90 Å². The van der Waals surface area contributed by atoms with Crippen molar-refractivity contribution in [2.75, 3.05) is 26.2 Å². The Morgan fingerprint density at radius 3 is 2.29 bits per heavy atom. The van der Waals surface area contributed by atoms with Gasteiger partial charge in [0.1, 0.15) is 23.0 Å². The van der Waals surface area contributed by atoms with Crippen LogP contribution < -0.4 is 0 Å². The standard InChI is InChI=1S/C25H28N4O4S/c1-4-18(2)20-7-9-21(10-8-20)34(31,32)29-15-13-27(14-16-29)24(30)23-19(3)33-25(22(23)17-26)28-11-5-6-12-28/h5-12,18H,4,13-16H2,1-3H3. The number of nitrogens with zero attached hydrogens (tertiary/aromatic N) is 4. The lowest BCUT2D eigenvalue weighted by molar-refractivity contribution is 0.0696. The number of carbonyl (C=O) groups excluding carboxylic acids is 1. The Kier molecular flexibility index (Phi) is 6.64. The van der Waals surface area contributed by atoms with Gasteiger partial charge in [-0.2, -0.15) is 9.57 Å². The fourth-order valence-electron chi connectivity index (χ4n) is 4.19. The fraction of sp³-hybridized carbons (Fsp3) is 0.360. The summed E-state index contributed by atoms with van der Waals surface area (Å²) < 4.78 is 35.1. The summed E-state index contributed by atoms with van der Waals surface area (Å²) in [6.07, 6.45) is 4.47. The lowest BCUT2D eigenvalue weighted by Crippen LogP contribution is -2.50. The third-order valence-corrected chi connectivity index (χ3v) is 8.37. The molecule has 1 amide bonds. The summed E-state index contributed by atoms with van der Waals surface area (Å²) in [5, 5.41) is 9.72. The summed E-state index contributed by atoms with van der Waals surface area (Å²) in [5.74, 6) is 0.706. The van der Waals surface area contributed by atoms with Gasteiger partial charge >= 0.3 is 0 Å². The zero-order chi connectivity index (χ0) is 24.5. The molecule has 0 saturated carbocycles. The van der Waals surface area contributed by atoms with Crippen LogP contribution in [0.2, 0.25) is 0 Å². The highest BCUT2D eigenvalue weighted by Gasteiger charge is 2.33. The smallest absolute Gasteiger partial charge is 0.258 e. The predicted octanol–water partition coefficient (Wildman–Crippen LogP) is 3.91. The van der Waals surface area contributed by atoms with E-state index in [1.54, 1.807) is 53.0 Å². The molecular weight excluding hydrogens is 452 g/mol. The molecular formula is C25H28N4O4S. The predicted molar refractivity (Wildman–Crippen MR) is 127 cm³/mol. The fourth-order valence-corrected chi connectivity index (χ4v) is 5.61. The maximum Gasteiger partial charge on any atom is 0.258 e. The van der Waals surface area contributed by atoms with Crippen LogP contribution in [0.5, 0.6) is 0 Å². The molecule has 34 heavy (non-hydrogen) atoms. The first-order chi connectivity index (χ1) is 16.3. The molecule has 1 aliphatic rings. The largest absolute Gasteiger partial charge is 0.443 e. The molecule has 1 unspecified atom stereocenters. The molecule has 0 aliphatic carbocycles. The van der Waals surface area contributed by atoms with Gasteiger partial charge in [0, 0.05) is 38.6 Å². The molecule has 8 nitrogen and oxygen atoms in total. The van der Waals surface area contributed by atoms with Crippen LogP contribution in [0, 0.1) is 18.3 Å². The second-order valence-corrected chi connectivity index (χ2v) is 10.4. The van der Waals surface area contributed by atoms with Crippen LogP contribution in [0.25, 0.3) is 5.88 Å². The Morgan fingerprint density at radius 2 is 1.74 bits per heavy atom. The van der Waals surface area contributed by atoms with E-state index in [0.29, 0.717) is 17.6 Å². The second-order valence-electron chi connectivity index (χ2n) is 8.49. The van der Waals surface area contributed by atoms with Crippen LogP contribution in [-0.4, -0.2) is 54.3 Å². The first-order valence-corrected chi connectivity index (χ1v) is 12.8. The van der Waals surface area contributed by atoms with E-state index in [2.05, 4.69) is 19.9 Å². The van der Waals surface area contributed by atoms with Crippen molar-refractivity contribution in [3.05, 3.63) is 71.2 Å². The number of hydrogen-bond donors (Lipinski definition) is 0. The van der Waals surface area contributed by atoms with Crippen molar-refractivity contribution in [2.45, 2.75) is 38.0 Å². The van der Waals surface area contributed by atoms with Crippen LogP contribution in [0.15, 0.2) is 58.1 Å². The van der Waals surface area contributed by atoms with Crippen molar-refractivity contribution in [3.63, 3.8) is 0 Å². The summed E-state index contributed by atoms with van der Waals surface area (Å²) in [7, 11) is -3.65. The minimum atomic E-state index is -3.65. The molecule has 4 rings (SSSR count). The number of furan rings is 1. The Bertz CT molecular complexity index is 1310. The molecule has 1 fully saturated rings. The van der Waals surface area contributed by atoms with E-state index in [-0.39, 0.29) is 48.1 Å². The maximum absolute atomic E-state index is 13.3. The molecule has 178 valence electrons. The third kappa shape index (κ3) is 4.27. The molecule has 0 N–H and O–H groups in total. The summed E-state index contributed by atoms with van der Waals surface area (Å²) in [6, 6.07) is 12.8. The van der Waals surface area contributed by atoms with Gasteiger partial charge in [0.2, 0.25) is 15.9 Å². The third-order valence-electron chi connectivity index (χ3n) is 6.46. The van der Waals surface area contributed by atoms with Crippen molar-refractivity contribution >= 4 is 15.9 Å². The molecule has 0 bridgehead atoms. The summed E-state index contributed by atoms with van der Waals surface area (Å²) in [6.45, 7) is 6.71. The summed E-state index contributed by atoms with van der Waals surface area (Å²) >= 11 is 0. The quantitative estimate of drug-likeness (QED) is 0.533. The number of aromatic nitrogens is 1. The van der Waals surface area contributed by atoms with Crippen LogP contribution in [0.4, 0.5) is 0 Å². The number of carbonyl (C=O) groups is 1. The van der Waals surface area contributed by atoms with E-state index in [0.717, 1.165) is 12.0 Å². The highest BCUT2D eigenvalue weighted by atomic mass is 32.2. The number of rotatable bonds is 6. The van der Waals surface area contributed by atoms with E-state index in [1.165, 1.54) is 4.31 Å². The van der Waals surface area contributed by atoms with Crippen LogP contribution in [-0.2, 0) is 10.0 Å². The molecule has 0 spiro atoms. The Labute approximate surface area is 200 Å². The molecule has 9 heteroatoms. The van der Waals surface area contributed by atoms with Crippen molar-refractivity contribution in [2.24, 2.45) is 0 Å². The van der Waals surface area contributed by atoms with Crippen LogP contribution >= 0.6 is 0 Å². The number of amides is 1. The molecule has 1 aromatic carbocycles. The van der Waals surface area contributed by atoms with Crippen LogP contribution in [0.1, 0.15) is 53.4 Å². The van der Waals surface area contributed by atoms with Gasteiger partial charge in [-0.25, -0.2) is 8.42 Å². The Balaban J connectivity index is 1.49. The molecule has 1 aliphatic heterocycles. The molecule has 3 heterocycles. The van der Waals surface area contributed by atoms with Gasteiger partial charge in [-0.3, -0.25) is 9.36 Å². The monoisotopic (exact) mass is 480 g/mol. The summed E-state index contributed by atoms with van der Waals surface area (Å²) in [4.78, 5) is 15.1. The number of benzene rings is 1. The Morgan fingerprint density at radius 1 is 1.12 bits per heavy atom. The molecule has 0 radical (unpaired) electrons. The van der Waals surface area contributed by atoms with Crippen molar-refractivity contribution in [3.8, 4) is 12.0 Å². The molecule has 3 aromatic rings. The van der Waals surface area contributed by atoms with Gasteiger partial charge < -0.3 is 9.32 Å². The maximum atomic E-state index is 13.3.